The second-order valence-electron chi connectivity index (χ2n) is 5.55. The molecule has 1 heterocycles. The van der Waals surface area contributed by atoms with Crippen molar-refractivity contribution >= 4 is 17.7 Å². The third-order valence-corrected chi connectivity index (χ3v) is 4.21. The van der Waals surface area contributed by atoms with Gasteiger partial charge in [0.15, 0.2) is 0 Å². The van der Waals surface area contributed by atoms with Gasteiger partial charge in [0.2, 0.25) is 5.91 Å². The zero-order valence-electron chi connectivity index (χ0n) is 11.1. The standard InChI is InChI=1S/C15H16N2O3/c1-8-2-5-11(16-7-8)17-14(18)12-9-3-4-10(6-9)13(12)15(19)20/h2-5,7,9-10,12-13H,6H2,1H3,(H,19,20)(H,16,17,18). The molecule has 1 aromatic rings. The fourth-order valence-corrected chi connectivity index (χ4v) is 3.27. The lowest BCUT2D eigenvalue weighted by atomic mass is 9.82. The van der Waals surface area contributed by atoms with Crippen LogP contribution in [-0.4, -0.2) is 22.0 Å². The maximum Gasteiger partial charge on any atom is 0.307 e. The third-order valence-electron chi connectivity index (χ3n) is 4.21. The molecule has 2 aliphatic carbocycles. The van der Waals surface area contributed by atoms with E-state index in [1.54, 1.807) is 12.3 Å². The van der Waals surface area contributed by atoms with E-state index in [0.29, 0.717) is 5.82 Å². The van der Waals surface area contributed by atoms with Crippen molar-refractivity contribution in [2.75, 3.05) is 5.32 Å². The number of rotatable bonds is 3. The summed E-state index contributed by atoms with van der Waals surface area (Å²) in [6.07, 6.45) is 6.33. The fourth-order valence-electron chi connectivity index (χ4n) is 3.27. The molecule has 1 aromatic heterocycles. The number of pyridine rings is 1. The van der Waals surface area contributed by atoms with Crippen LogP contribution < -0.4 is 5.32 Å². The summed E-state index contributed by atoms with van der Waals surface area (Å²) in [5, 5.41) is 12.1. The number of nitrogens with one attached hydrogen (secondary N) is 1. The van der Waals surface area contributed by atoms with E-state index in [-0.39, 0.29) is 17.7 Å². The molecule has 0 radical (unpaired) electrons. The first-order chi connectivity index (χ1) is 9.56. The lowest BCUT2D eigenvalue weighted by Gasteiger charge is -2.23. The van der Waals surface area contributed by atoms with Gasteiger partial charge in [0.05, 0.1) is 11.8 Å². The van der Waals surface area contributed by atoms with Crippen LogP contribution in [0.1, 0.15) is 12.0 Å². The number of allylic oxidation sites excluding steroid dienone is 2. The van der Waals surface area contributed by atoms with E-state index >= 15 is 0 Å². The van der Waals surface area contributed by atoms with Gasteiger partial charge < -0.3 is 10.4 Å². The molecule has 0 spiro atoms. The van der Waals surface area contributed by atoms with Crippen molar-refractivity contribution in [1.82, 2.24) is 4.98 Å². The predicted molar refractivity (Wildman–Crippen MR) is 73.0 cm³/mol. The molecule has 20 heavy (non-hydrogen) atoms. The first kappa shape index (κ1) is 12.8. The van der Waals surface area contributed by atoms with Crippen LogP contribution in [0, 0.1) is 30.6 Å². The molecule has 1 saturated carbocycles. The maximum absolute atomic E-state index is 12.4. The van der Waals surface area contributed by atoms with E-state index < -0.39 is 17.8 Å². The molecule has 5 heteroatoms. The lowest BCUT2D eigenvalue weighted by Crippen LogP contribution is -2.36. The molecule has 0 saturated heterocycles. The number of anilines is 1. The molecule has 0 aliphatic heterocycles. The molecule has 3 rings (SSSR count). The van der Waals surface area contributed by atoms with Crippen LogP contribution in [0.5, 0.6) is 0 Å². The summed E-state index contributed by atoms with van der Waals surface area (Å²) in [5.41, 5.74) is 1.01. The Morgan fingerprint density at radius 3 is 2.55 bits per heavy atom. The molecule has 1 fully saturated rings. The van der Waals surface area contributed by atoms with Gasteiger partial charge in [0, 0.05) is 6.20 Å². The van der Waals surface area contributed by atoms with Crippen LogP contribution >= 0.6 is 0 Å². The largest absolute Gasteiger partial charge is 0.481 e. The van der Waals surface area contributed by atoms with Crippen molar-refractivity contribution in [3.63, 3.8) is 0 Å². The normalized spacial score (nSPS) is 30.4. The maximum atomic E-state index is 12.4. The molecule has 2 bridgehead atoms. The van der Waals surface area contributed by atoms with Gasteiger partial charge in [0.1, 0.15) is 5.82 Å². The Morgan fingerprint density at radius 1 is 1.25 bits per heavy atom. The highest BCUT2D eigenvalue weighted by Gasteiger charge is 2.51. The number of hydrogen-bond acceptors (Lipinski definition) is 3. The van der Waals surface area contributed by atoms with Crippen molar-refractivity contribution < 1.29 is 14.7 Å². The topological polar surface area (TPSA) is 79.3 Å². The van der Waals surface area contributed by atoms with E-state index in [1.165, 1.54) is 0 Å². The fraction of sp³-hybridized carbons (Fsp3) is 0.400. The summed E-state index contributed by atoms with van der Waals surface area (Å²) in [6, 6.07) is 3.59. The Hall–Kier alpha value is -2.17. The molecule has 4 unspecified atom stereocenters. The Bertz CT molecular complexity index is 579. The first-order valence-electron chi connectivity index (χ1n) is 6.71. The Morgan fingerprint density at radius 2 is 1.95 bits per heavy atom. The molecule has 5 nitrogen and oxygen atoms in total. The molecule has 1 amide bonds. The summed E-state index contributed by atoms with van der Waals surface area (Å²) in [7, 11) is 0. The van der Waals surface area contributed by atoms with Gasteiger partial charge in [-0.25, -0.2) is 4.98 Å². The number of carboxylic acids is 1. The number of fused-ring (bicyclic) bond motifs is 2. The van der Waals surface area contributed by atoms with E-state index in [9.17, 15) is 14.7 Å². The zero-order valence-corrected chi connectivity index (χ0v) is 11.1. The number of carbonyl (C=O) groups is 2. The molecule has 4 atom stereocenters. The summed E-state index contributed by atoms with van der Waals surface area (Å²) in [4.78, 5) is 27.9. The van der Waals surface area contributed by atoms with Gasteiger partial charge in [-0.1, -0.05) is 18.2 Å². The highest BCUT2D eigenvalue weighted by molar-refractivity contribution is 5.95. The van der Waals surface area contributed by atoms with E-state index in [1.807, 2.05) is 25.1 Å². The van der Waals surface area contributed by atoms with Gasteiger partial charge in [0.25, 0.3) is 0 Å². The Balaban J connectivity index is 1.78. The highest BCUT2D eigenvalue weighted by Crippen LogP contribution is 2.48. The monoisotopic (exact) mass is 272 g/mol. The Kier molecular flexibility index (Phi) is 3.04. The van der Waals surface area contributed by atoms with Crippen LogP contribution in [0.3, 0.4) is 0 Å². The van der Waals surface area contributed by atoms with Crippen molar-refractivity contribution in [2.24, 2.45) is 23.7 Å². The molecular weight excluding hydrogens is 256 g/mol. The van der Waals surface area contributed by atoms with Crippen molar-refractivity contribution in [3.05, 3.63) is 36.0 Å². The molecule has 2 aliphatic rings. The van der Waals surface area contributed by atoms with Crippen LogP contribution in [0.25, 0.3) is 0 Å². The minimum atomic E-state index is -0.890. The minimum absolute atomic E-state index is 0.0146. The van der Waals surface area contributed by atoms with Gasteiger partial charge in [-0.2, -0.15) is 0 Å². The number of aromatic nitrogens is 1. The summed E-state index contributed by atoms with van der Waals surface area (Å²) < 4.78 is 0. The zero-order chi connectivity index (χ0) is 14.3. The molecular formula is C15H16N2O3. The second kappa shape index (κ2) is 4.74. The second-order valence-corrected chi connectivity index (χ2v) is 5.55. The van der Waals surface area contributed by atoms with E-state index in [4.69, 9.17) is 0 Å². The SMILES string of the molecule is Cc1ccc(NC(=O)C2C3C=CC(C3)C2C(=O)O)nc1. The van der Waals surface area contributed by atoms with Crippen LogP contribution in [0.2, 0.25) is 0 Å². The van der Waals surface area contributed by atoms with Crippen molar-refractivity contribution in [2.45, 2.75) is 13.3 Å². The van der Waals surface area contributed by atoms with Gasteiger partial charge in [-0.3, -0.25) is 9.59 Å². The number of hydrogen-bond donors (Lipinski definition) is 2. The lowest BCUT2D eigenvalue weighted by molar-refractivity contribution is -0.146. The summed E-state index contributed by atoms with van der Waals surface area (Å²) in [5.74, 6) is -1.76. The van der Waals surface area contributed by atoms with E-state index in [0.717, 1.165) is 12.0 Å². The van der Waals surface area contributed by atoms with Crippen LogP contribution in [0.4, 0.5) is 5.82 Å². The molecule has 0 aromatic carbocycles. The van der Waals surface area contributed by atoms with E-state index in [2.05, 4.69) is 10.3 Å². The van der Waals surface area contributed by atoms with Gasteiger partial charge in [-0.15, -0.1) is 0 Å². The first-order valence-corrected chi connectivity index (χ1v) is 6.71. The third kappa shape index (κ3) is 2.09. The smallest absolute Gasteiger partial charge is 0.307 e. The van der Waals surface area contributed by atoms with Crippen molar-refractivity contribution in [1.29, 1.82) is 0 Å². The average Bonchev–Trinajstić information content (AvgIpc) is 3.01. The number of carboxylic acid groups (broad SMARTS) is 1. The number of carbonyl (C=O) groups excluding carboxylic acids is 1. The summed E-state index contributed by atoms with van der Waals surface area (Å²) >= 11 is 0. The van der Waals surface area contributed by atoms with Gasteiger partial charge >= 0.3 is 5.97 Å². The number of aryl methyl sites for hydroxylation is 1. The predicted octanol–water partition coefficient (Wildman–Crippen LogP) is 1.85. The number of aliphatic carboxylic acids is 1. The number of amides is 1. The molecule has 2 N–H and O–H groups in total. The van der Waals surface area contributed by atoms with Crippen LogP contribution in [-0.2, 0) is 9.59 Å². The minimum Gasteiger partial charge on any atom is -0.481 e. The summed E-state index contributed by atoms with van der Waals surface area (Å²) in [6.45, 7) is 1.92. The quantitative estimate of drug-likeness (QED) is 0.823. The number of nitrogens with zero attached hydrogens (tertiary/aromatic N) is 1. The highest BCUT2D eigenvalue weighted by atomic mass is 16.4. The van der Waals surface area contributed by atoms with Crippen molar-refractivity contribution in [3.8, 4) is 0 Å². The van der Waals surface area contributed by atoms with Gasteiger partial charge in [-0.05, 0) is 36.8 Å². The average molecular weight is 272 g/mol. The Labute approximate surface area is 116 Å². The van der Waals surface area contributed by atoms with Crippen LogP contribution in [0.15, 0.2) is 30.5 Å². The molecule has 104 valence electrons.